The van der Waals surface area contributed by atoms with Crippen LogP contribution in [0, 0.1) is 17.8 Å². The lowest BCUT2D eigenvalue weighted by molar-refractivity contribution is 0.0365. The summed E-state index contributed by atoms with van der Waals surface area (Å²) >= 11 is 0. The van der Waals surface area contributed by atoms with E-state index in [4.69, 9.17) is 4.74 Å². The molecule has 0 spiro atoms. The number of nitrogens with one attached hydrogen (secondary N) is 2. The Bertz CT molecular complexity index is 390. The molecule has 2 heterocycles. The van der Waals surface area contributed by atoms with Gasteiger partial charge in [0.2, 0.25) is 0 Å². The van der Waals surface area contributed by atoms with E-state index in [2.05, 4.69) is 43.2 Å². The second-order valence-corrected chi connectivity index (χ2v) is 9.38. The van der Waals surface area contributed by atoms with Crippen LogP contribution in [0.25, 0.3) is 0 Å². The molecule has 148 valence electrons. The molecule has 1 saturated carbocycles. The first-order valence-corrected chi connectivity index (χ1v) is 10.3. The van der Waals surface area contributed by atoms with Crippen LogP contribution in [0.3, 0.4) is 0 Å². The number of piperidine rings is 1. The number of rotatable bonds is 5. The van der Waals surface area contributed by atoms with Crippen LogP contribution in [0.2, 0.25) is 0 Å². The summed E-state index contributed by atoms with van der Waals surface area (Å²) in [6.07, 6.45) is 5.42. The number of nitrogens with zero attached hydrogens (tertiary/aromatic N) is 1. The van der Waals surface area contributed by atoms with Crippen molar-refractivity contribution >= 4 is 12.4 Å². The van der Waals surface area contributed by atoms with Crippen LogP contribution in [0.5, 0.6) is 0 Å². The summed E-state index contributed by atoms with van der Waals surface area (Å²) in [6.45, 7) is 16.1. The molecular weight excluding hydrogens is 334 g/mol. The third-order valence-corrected chi connectivity index (χ3v) is 6.56. The zero-order valence-electron chi connectivity index (χ0n) is 16.7. The van der Waals surface area contributed by atoms with Gasteiger partial charge in [-0.2, -0.15) is 0 Å². The summed E-state index contributed by atoms with van der Waals surface area (Å²) < 4.78 is 5.71. The van der Waals surface area contributed by atoms with Gasteiger partial charge in [0.1, 0.15) is 0 Å². The largest absolute Gasteiger partial charge is 0.379 e. The van der Waals surface area contributed by atoms with Gasteiger partial charge in [0.25, 0.3) is 0 Å². The van der Waals surface area contributed by atoms with Gasteiger partial charge in [0, 0.05) is 43.8 Å². The van der Waals surface area contributed by atoms with E-state index in [-0.39, 0.29) is 17.9 Å². The topological polar surface area (TPSA) is 36.5 Å². The summed E-state index contributed by atoms with van der Waals surface area (Å²) in [5, 5.41) is 7.65. The van der Waals surface area contributed by atoms with Crippen LogP contribution in [0.4, 0.5) is 0 Å². The number of hydrogen-bond acceptors (Lipinski definition) is 4. The standard InChI is InChI=1S/C20H39N3O.ClH/c1-15-10-16(2)12-23(11-15)20(3,4)14-22-18-7-5-6-17(18)19-13-24-9-8-21-19;/h15-19,21-22H,5-14H2,1-4H3;1H. The van der Waals surface area contributed by atoms with Gasteiger partial charge >= 0.3 is 0 Å². The molecule has 2 N–H and O–H groups in total. The van der Waals surface area contributed by atoms with Crippen LogP contribution < -0.4 is 10.6 Å². The lowest BCUT2D eigenvalue weighted by atomic mass is 9.87. The maximum absolute atomic E-state index is 5.71. The predicted molar refractivity (Wildman–Crippen MR) is 108 cm³/mol. The monoisotopic (exact) mass is 373 g/mol. The highest BCUT2D eigenvalue weighted by atomic mass is 35.5. The second kappa shape index (κ2) is 9.36. The molecule has 2 saturated heterocycles. The molecule has 2 aliphatic heterocycles. The maximum Gasteiger partial charge on any atom is 0.0623 e. The molecule has 0 aromatic heterocycles. The number of hydrogen-bond donors (Lipinski definition) is 2. The Kier molecular flexibility index (Phi) is 8.03. The molecule has 0 bridgehead atoms. The SMILES string of the molecule is CC1CC(C)CN(C(C)(C)CNC2CCCC2C2COCCN2)C1.Cl. The van der Waals surface area contributed by atoms with Crippen molar-refractivity contribution < 1.29 is 4.74 Å². The van der Waals surface area contributed by atoms with E-state index in [1.54, 1.807) is 0 Å². The Balaban J connectivity index is 0.00000225. The van der Waals surface area contributed by atoms with Gasteiger partial charge in [-0.25, -0.2) is 0 Å². The van der Waals surface area contributed by atoms with Crippen LogP contribution >= 0.6 is 12.4 Å². The first-order chi connectivity index (χ1) is 11.5. The van der Waals surface area contributed by atoms with E-state index < -0.39 is 0 Å². The molecule has 0 amide bonds. The van der Waals surface area contributed by atoms with E-state index in [1.165, 1.54) is 38.8 Å². The third kappa shape index (κ3) is 5.55. The quantitative estimate of drug-likeness (QED) is 0.776. The molecule has 3 rings (SSSR count). The van der Waals surface area contributed by atoms with Gasteiger partial charge in [0.15, 0.2) is 0 Å². The molecular formula is C20H40ClN3O. The van der Waals surface area contributed by atoms with Crippen molar-refractivity contribution in [1.82, 2.24) is 15.5 Å². The van der Waals surface area contributed by atoms with Crippen LogP contribution in [0.1, 0.15) is 53.4 Å². The molecule has 4 nitrogen and oxygen atoms in total. The van der Waals surface area contributed by atoms with Gasteiger partial charge in [-0.05, 0) is 50.9 Å². The molecule has 3 aliphatic rings. The molecule has 5 atom stereocenters. The zero-order valence-corrected chi connectivity index (χ0v) is 17.5. The van der Waals surface area contributed by atoms with E-state index in [9.17, 15) is 0 Å². The highest BCUT2D eigenvalue weighted by Gasteiger charge is 2.37. The number of halogens is 1. The Labute approximate surface area is 161 Å². The van der Waals surface area contributed by atoms with Crippen LogP contribution in [-0.2, 0) is 4.74 Å². The summed E-state index contributed by atoms with van der Waals surface area (Å²) in [7, 11) is 0. The second-order valence-electron chi connectivity index (χ2n) is 9.38. The van der Waals surface area contributed by atoms with Crippen molar-refractivity contribution in [3.05, 3.63) is 0 Å². The van der Waals surface area contributed by atoms with Gasteiger partial charge < -0.3 is 15.4 Å². The van der Waals surface area contributed by atoms with Crippen molar-refractivity contribution in [1.29, 1.82) is 0 Å². The van der Waals surface area contributed by atoms with Crippen molar-refractivity contribution in [2.45, 2.75) is 71.0 Å². The van der Waals surface area contributed by atoms with Crippen molar-refractivity contribution in [2.24, 2.45) is 17.8 Å². The van der Waals surface area contributed by atoms with Crippen LogP contribution in [-0.4, -0.2) is 61.9 Å². The van der Waals surface area contributed by atoms with E-state index in [0.29, 0.717) is 12.1 Å². The summed E-state index contributed by atoms with van der Waals surface area (Å²) in [6, 6.07) is 1.21. The molecule has 1 aliphatic carbocycles. The van der Waals surface area contributed by atoms with Crippen LogP contribution in [0.15, 0.2) is 0 Å². The Hall–Kier alpha value is 0.130. The smallest absolute Gasteiger partial charge is 0.0623 e. The predicted octanol–water partition coefficient (Wildman–Crippen LogP) is 2.91. The minimum absolute atomic E-state index is 0. The Morgan fingerprint density at radius 3 is 2.52 bits per heavy atom. The molecule has 5 unspecified atom stereocenters. The average molecular weight is 374 g/mol. The fourth-order valence-corrected chi connectivity index (χ4v) is 5.23. The third-order valence-electron chi connectivity index (χ3n) is 6.56. The summed E-state index contributed by atoms with van der Waals surface area (Å²) in [5.41, 5.74) is 0.243. The van der Waals surface area contributed by atoms with Gasteiger partial charge in [-0.1, -0.05) is 20.3 Å². The zero-order chi connectivity index (χ0) is 17.2. The Morgan fingerprint density at radius 2 is 1.88 bits per heavy atom. The lowest BCUT2D eigenvalue weighted by Gasteiger charge is -2.46. The maximum atomic E-state index is 5.71. The highest BCUT2D eigenvalue weighted by molar-refractivity contribution is 5.85. The number of ether oxygens (including phenoxy) is 1. The minimum Gasteiger partial charge on any atom is -0.379 e. The molecule has 3 fully saturated rings. The first kappa shape index (κ1) is 21.4. The summed E-state index contributed by atoms with van der Waals surface area (Å²) in [5.74, 6) is 2.40. The number of likely N-dealkylation sites (tertiary alicyclic amines) is 1. The van der Waals surface area contributed by atoms with Crippen molar-refractivity contribution in [3.63, 3.8) is 0 Å². The summed E-state index contributed by atoms with van der Waals surface area (Å²) in [4.78, 5) is 2.73. The minimum atomic E-state index is 0. The van der Waals surface area contributed by atoms with Gasteiger partial charge in [-0.3, -0.25) is 4.90 Å². The Morgan fingerprint density at radius 1 is 1.16 bits per heavy atom. The van der Waals surface area contributed by atoms with Gasteiger partial charge in [0.05, 0.1) is 13.2 Å². The normalized spacial score (nSPS) is 37.7. The van der Waals surface area contributed by atoms with E-state index in [1.807, 2.05) is 0 Å². The molecule has 0 radical (unpaired) electrons. The molecule has 25 heavy (non-hydrogen) atoms. The lowest BCUT2D eigenvalue weighted by Crippen LogP contribution is -2.58. The molecule has 5 heteroatoms. The van der Waals surface area contributed by atoms with Crippen molar-refractivity contribution in [2.75, 3.05) is 39.4 Å². The van der Waals surface area contributed by atoms with E-state index in [0.717, 1.165) is 44.1 Å². The first-order valence-electron chi connectivity index (χ1n) is 10.3. The fourth-order valence-electron chi connectivity index (χ4n) is 5.23. The van der Waals surface area contributed by atoms with Crippen molar-refractivity contribution in [3.8, 4) is 0 Å². The fraction of sp³-hybridized carbons (Fsp3) is 1.00. The highest BCUT2D eigenvalue weighted by Crippen LogP contribution is 2.31. The number of morpholine rings is 1. The molecule has 0 aromatic rings. The van der Waals surface area contributed by atoms with E-state index >= 15 is 0 Å². The average Bonchev–Trinajstić information content (AvgIpc) is 3.01. The molecule has 0 aromatic carbocycles. The van der Waals surface area contributed by atoms with Gasteiger partial charge in [-0.15, -0.1) is 12.4 Å².